The lowest BCUT2D eigenvalue weighted by Crippen LogP contribution is -2.47. The average Bonchev–Trinajstić information content (AvgIpc) is 2.10. The zero-order chi connectivity index (χ0) is 11.2. The van der Waals surface area contributed by atoms with Crippen LogP contribution < -0.4 is 5.32 Å². The summed E-state index contributed by atoms with van der Waals surface area (Å²) < 4.78 is 0. The van der Waals surface area contributed by atoms with E-state index in [0.29, 0.717) is 13.0 Å². The first-order valence-electron chi connectivity index (χ1n) is 5.17. The van der Waals surface area contributed by atoms with Gasteiger partial charge in [-0.1, -0.05) is 13.8 Å². The lowest BCUT2D eigenvalue weighted by molar-refractivity contribution is -0.118. The lowest BCUT2D eigenvalue weighted by atomic mass is 9.75. The van der Waals surface area contributed by atoms with E-state index in [4.69, 9.17) is 0 Å². The van der Waals surface area contributed by atoms with E-state index in [1.807, 2.05) is 0 Å². The molecule has 0 atom stereocenters. The van der Waals surface area contributed by atoms with Gasteiger partial charge in [0.25, 0.3) is 0 Å². The van der Waals surface area contributed by atoms with Crippen LogP contribution in [0.15, 0.2) is 11.3 Å². The summed E-state index contributed by atoms with van der Waals surface area (Å²) in [6, 6.07) is -0.112. The van der Waals surface area contributed by atoms with Crippen LogP contribution in [0.1, 0.15) is 26.7 Å². The molecule has 1 heterocycles. The van der Waals surface area contributed by atoms with Crippen molar-refractivity contribution in [3.8, 4) is 0 Å². The zero-order valence-electron chi connectivity index (χ0n) is 9.39. The number of hydrogen-bond donors (Lipinski definition) is 1. The Balaban J connectivity index is 2.41. The van der Waals surface area contributed by atoms with Gasteiger partial charge in [-0.15, -0.1) is 0 Å². The van der Waals surface area contributed by atoms with E-state index < -0.39 is 0 Å². The van der Waals surface area contributed by atoms with Crippen molar-refractivity contribution in [1.82, 2.24) is 10.2 Å². The molecule has 2 amide bonds. The van der Waals surface area contributed by atoms with E-state index in [1.165, 1.54) is 0 Å². The van der Waals surface area contributed by atoms with Crippen molar-refractivity contribution in [3.63, 3.8) is 0 Å². The molecule has 1 aliphatic carbocycles. The van der Waals surface area contributed by atoms with Crippen LogP contribution in [-0.2, 0) is 4.79 Å². The van der Waals surface area contributed by atoms with Crippen molar-refractivity contribution >= 4 is 11.8 Å². The molecule has 0 radical (unpaired) electrons. The highest BCUT2D eigenvalue weighted by atomic mass is 16.2. The number of allylic oxidation sites excluding steroid dienone is 1. The van der Waals surface area contributed by atoms with Crippen molar-refractivity contribution in [1.29, 1.82) is 0 Å². The Morgan fingerprint density at radius 1 is 1.27 bits per heavy atom. The number of nitrogens with zero attached hydrogens (tertiary/aromatic N) is 1. The molecular weight excluding hydrogens is 192 g/mol. The van der Waals surface area contributed by atoms with Crippen LogP contribution in [0.25, 0.3) is 0 Å². The van der Waals surface area contributed by atoms with Gasteiger partial charge >= 0.3 is 6.03 Å². The summed E-state index contributed by atoms with van der Waals surface area (Å²) in [6.45, 7) is 4.53. The van der Waals surface area contributed by atoms with Gasteiger partial charge in [-0.05, 0) is 11.8 Å². The van der Waals surface area contributed by atoms with Gasteiger partial charge in [-0.3, -0.25) is 4.79 Å². The molecule has 0 saturated carbocycles. The second-order valence-corrected chi connectivity index (χ2v) is 5.08. The minimum absolute atomic E-state index is 0.0260. The van der Waals surface area contributed by atoms with Crippen LogP contribution in [0.2, 0.25) is 0 Å². The van der Waals surface area contributed by atoms with Gasteiger partial charge in [-0.25, -0.2) is 4.79 Å². The van der Waals surface area contributed by atoms with Crippen LogP contribution in [0, 0.1) is 5.41 Å². The van der Waals surface area contributed by atoms with Gasteiger partial charge in [0.15, 0.2) is 5.78 Å². The Hall–Kier alpha value is -1.32. The monoisotopic (exact) mass is 208 g/mol. The summed E-state index contributed by atoms with van der Waals surface area (Å²) in [6.07, 6.45) is 1.38. The van der Waals surface area contributed by atoms with Crippen LogP contribution >= 0.6 is 0 Å². The van der Waals surface area contributed by atoms with E-state index in [1.54, 1.807) is 11.9 Å². The molecule has 82 valence electrons. The number of rotatable bonds is 0. The second kappa shape index (κ2) is 3.08. The van der Waals surface area contributed by atoms with Gasteiger partial charge in [0, 0.05) is 31.3 Å². The largest absolute Gasteiger partial charge is 0.333 e. The van der Waals surface area contributed by atoms with E-state index in [-0.39, 0.29) is 17.2 Å². The maximum absolute atomic E-state index is 11.9. The van der Waals surface area contributed by atoms with E-state index in [9.17, 15) is 9.59 Å². The summed E-state index contributed by atoms with van der Waals surface area (Å²) >= 11 is 0. The third-order valence-electron chi connectivity index (χ3n) is 3.10. The van der Waals surface area contributed by atoms with Crippen molar-refractivity contribution in [2.24, 2.45) is 5.41 Å². The standard InChI is InChI=1S/C11H16N2O2/c1-11(2)4-8-7(9(14)5-11)6-12-10(15)13(8)3/h4-6H2,1-3H3,(H,12,15). The Bertz CT molecular complexity index is 369. The smallest absolute Gasteiger partial charge is 0.321 e. The fourth-order valence-corrected chi connectivity index (χ4v) is 2.25. The summed E-state index contributed by atoms with van der Waals surface area (Å²) in [5.74, 6) is 0.174. The van der Waals surface area contributed by atoms with Gasteiger partial charge < -0.3 is 10.2 Å². The minimum Gasteiger partial charge on any atom is -0.333 e. The molecule has 0 fully saturated rings. The highest BCUT2D eigenvalue weighted by Crippen LogP contribution is 2.38. The van der Waals surface area contributed by atoms with Crippen LogP contribution in [0.3, 0.4) is 0 Å². The molecule has 0 aromatic heterocycles. The summed E-state index contributed by atoms with van der Waals surface area (Å²) in [7, 11) is 1.72. The van der Waals surface area contributed by atoms with Gasteiger partial charge in [-0.2, -0.15) is 0 Å². The maximum Gasteiger partial charge on any atom is 0.321 e. The van der Waals surface area contributed by atoms with Gasteiger partial charge in [0.1, 0.15) is 0 Å². The number of ketones is 1. The Morgan fingerprint density at radius 3 is 2.60 bits per heavy atom. The Morgan fingerprint density at radius 2 is 1.93 bits per heavy atom. The average molecular weight is 208 g/mol. The molecule has 0 saturated heterocycles. The fourth-order valence-electron chi connectivity index (χ4n) is 2.25. The molecule has 4 nitrogen and oxygen atoms in total. The van der Waals surface area contributed by atoms with E-state index in [2.05, 4.69) is 19.2 Å². The number of urea groups is 1. The first-order chi connectivity index (χ1) is 6.91. The molecule has 15 heavy (non-hydrogen) atoms. The third-order valence-corrected chi connectivity index (χ3v) is 3.10. The molecule has 1 aliphatic heterocycles. The fraction of sp³-hybridized carbons (Fsp3) is 0.636. The molecule has 0 aromatic carbocycles. The van der Waals surface area contributed by atoms with Crippen molar-refractivity contribution in [2.75, 3.05) is 13.6 Å². The van der Waals surface area contributed by atoms with Crippen molar-refractivity contribution < 1.29 is 9.59 Å². The van der Waals surface area contributed by atoms with Crippen molar-refractivity contribution in [2.45, 2.75) is 26.7 Å². The zero-order valence-corrected chi connectivity index (χ0v) is 9.39. The van der Waals surface area contributed by atoms with Crippen molar-refractivity contribution in [3.05, 3.63) is 11.3 Å². The van der Waals surface area contributed by atoms with E-state index in [0.717, 1.165) is 17.7 Å². The van der Waals surface area contributed by atoms with Gasteiger partial charge in [0.05, 0.1) is 0 Å². The summed E-state index contributed by atoms with van der Waals surface area (Å²) in [5, 5.41) is 2.70. The molecule has 4 heteroatoms. The summed E-state index contributed by atoms with van der Waals surface area (Å²) in [4.78, 5) is 24.9. The predicted octanol–water partition coefficient (Wildman–Crippen LogP) is 1.28. The first kappa shape index (κ1) is 10.2. The maximum atomic E-state index is 11.9. The first-order valence-corrected chi connectivity index (χ1v) is 5.17. The number of amides is 2. The third kappa shape index (κ3) is 1.64. The number of carbonyl (C=O) groups is 2. The number of Topliss-reactive ketones (excluding diaryl/α,β-unsaturated/α-hetero) is 1. The minimum atomic E-state index is -0.112. The quantitative estimate of drug-likeness (QED) is 0.652. The molecule has 2 rings (SSSR count). The Labute approximate surface area is 89.3 Å². The number of nitrogens with one attached hydrogen (secondary N) is 1. The molecule has 0 unspecified atom stereocenters. The molecule has 0 aromatic rings. The molecule has 0 spiro atoms. The van der Waals surface area contributed by atoms with Crippen LogP contribution in [0.5, 0.6) is 0 Å². The molecule has 0 bridgehead atoms. The normalized spacial score (nSPS) is 25.1. The number of hydrogen-bond acceptors (Lipinski definition) is 2. The topological polar surface area (TPSA) is 49.4 Å². The summed E-state index contributed by atoms with van der Waals surface area (Å²) in [5.41, 5.74) is 1.67. The molecule has 1 N–H and O–H groups in total. The molecular formula is C11H16N2O2. The predicted molar refractivity (Wildman–Crippen MR) is 56.2 cm³/mol. The lowest BCUT2D eigenvalue weighted by Gasteiger charge is -2.38. The SMILES string of the molecule is CN1C(=O)NCC2=C1CC(C)(C)CC2=O. The van der Waals surface area contributed by atoms with Gasteiger partial charge in [0.2, 0.25) is 0 Å². The highest BCUT2D eigenvalue weighted by molar-refractivity contribution is 6.00. The number of carbonyl (C=O) groups excluding carboxylic acids is 2. The highest BCUT2D eigenvalue weighted by Gasteiger charge is 2.37. The second-order valence-electron chi connectivity index (χ2n) is 5.08. The van der Waals surface area contributed by atoms with E-state index >= 15 is 0 Å². The van der Waals surface area contributed by atoms with Crippen LogP contribution in [0.4, 0.5) is 4.79 Å². The Kier molecular flexibility index (Phi) is 2.10. The molecule has 2 aliphatic rings. The van der Waals surface area contributed by atoms with Crippen LogP contribution in [-0.4, -0.2) is 30.3 Å².